The molecule has 4 nitrogen and oxygen atoms in total. The van der Waals surface area contributed by atoms with E-state index >= 15 is 0 Å². The van der Waals surface area contributed by atoms with Crippen LogP contribution in [-0.4, -0.2) is 19.9 Å². The van der Waals surface area contributed by atoms with Crippen molar-refractivity contribution < 1.29 is 70.4 Å². The maximum atomic E-state index is 3.78. The van der Waals surface area contributed by atoms with Crippen LogP contribution in [0.25, 0.3) is 0 Å². The molecule has 0 spiro atoms. The van der Waals surface area contributed by atoms with Crippen molar-refractivity contribution in [2.45, 2.75) is 0 Å². The summed E-state index contributed by atoms with van der Waals surface area (Å²) in [6, 6.07) is 22.9. The van der Waals surface area contributed by atoms with E-state index in [0.29, 0.717) is 0 Å². The minimum Gasteiger partial charge on any atom is -1.00 e. The van der Waals surface area contributed by atoms with E-state index in [0.717, 1.165) is 0 Å². The molecule has 0 aliphatic carbocycles. The fraction of sp³-hybridized carbons (Fsp3) is 0. The van der Waals surface area contributed by atoms with Gasteiger partial charge in [0.25, 0.3) is 0 Å². The van der Waals surface area contributed by atoms with Gasteiger partial charge in [0, 0.05) is 49.6 Å². The van der Waals surface area contributed by atoms with Gasteiger partial charge in [-0.15, -0.1) is 0 Å². The third-order valence-corrected chi connectivity index (χ3v) is 2.27. The first-order valence-corrected chi connectivity index (χ1v) is 7.40. The van der Waals surface area contributed by atoms with Crippen LogP contribution in [0.4, 0.5) is 0 Å². The maximum Gasteiger partial charge on any atom is 3.00 e. The zero-order valence-corrected chi connectivity index (χ0v) is 21.2. The summed E-state index contributed by atoms with van der Waals surface area (Å²) in [4.78, 5) is 15.1. The molecule has 4 heterocycles. The average molecular weight is 659 g/mol. The molecule has 4 aromatic heterocycles. The van der Waals surface area contributed by atoms with Crippen molar-refractivity contribution in [3.05, 3.63) is 122 Å². The second-order valence-electron chi connectivity index (χ2n) is 4.10. The molecular weight excluding hydrogens is 639 g/mol. The summed E-state index contributed by atoms with van der Waals surface area (Å²) < 4.78 is 0. The quantitative estimate of drug-likeness (QED) is 0.179. The molecule has 0 saturated heterocycles. The van der Waals surface area contributed by atoms with Crippen LogP contribution in [0.15, 0.2) is 122 Å². The zero-order chi connectivity index (χ0) is 17.0. The van der Waals surface area contributed by atoms with Crippen molar-refractivity contribution >= 4 is 0 Å². The summed E-state index contributed by atoms with van der Waals surface area (Å²) in [6.45, 7) is 0. The summed E-state index contributed by atoms with van der Waals surface area (Å²) in [5.74, 6) is 0. The molecule has 4 rings (SSSR count). The standard InChI is InChI=1S/4C5H5N.3BrH.Rh/c4*1-2-4-6-5-3-1;;;;/h4*1-5H;3*1H;/q;;;;;;;+3/p-3. The minimum atomic E-state index is 0. The van der Waals surface area contributed by atoms with Gasteiger partial charge in [-0.3, -0.25) is 19.9 Å². The predicted molar refractivity (Wildman–Crippen MR) is 96.9 cm³/mol. The van der Waals surface area contributed by atoms with Crippen LogP contribution in [0.5, 0.6) is 0 Å². The second kappa shape index (κ2) is 30.4. The van der Waals surface area contributed by atoms with E-state index in [1.807, 2.05) is 72.8 Å². The molecule has 0 N–H and O–H groups in total. The summed E-state index contributed by atoms with van der Waals surface area (Å²) in [5.41, 5.74) is 0. The summed E-state index contributed by atoms with van der Waals surface area (Å²) in [6.07, 6.45) is 14.0. The molecule has 0 aliphatic rings. The molecule has 0 unspecified atom stereocenters. The number of halogens is 3. The van der Waals surface area contributed by atoms with Crippen LogP contribution in [0, 0.1) is 0 Å². The monoisotopic (exact) mass is 656 g/mol. The van der Waals surface area contributed by atoms with Crippen LogP contribution in [0.1, 0.15) is 0 Å². The second-order valence-corrected chi connectivity index (χ2v) is 4.10. The van der Waals surface area contributed by atoms with E-state index in [1.54, 1.807) is 49.6 Å². The molecule has 8 heteroatoms. The molecule has 0 radical (unpaired) electrons. The Morgan fingerprint density at radius 3 is 0.429 bits per heavy atom. The Morgan fingerprint density at radius 2 is 0.393 bits per heavy atom. The van der Waals surface area contributed by atoms with Crippen molar-refractivity contribution in [2.75, 3.05) is 0 Å². The van der Waals surface area contributed by atoms with Gasteiger partial charge in [-0.1, -0.05) is 24.3 Å². The summed E-state index contributed by atoms with van der Waals surface area (Å²) >= 11 is 0. The van der Waals surface area contributed by atoms with Gasteiger partial charge in [0.2, 0.25) is 0 Å². The molecule has 0 atom stereocenters. The Morgan fingerprint density at radius 1 is 0.250 bits per heavy atom. The normalized spacial score (nSPS) is 6.86. The summed E-state index contributed by atoms with van der Waals surface area (Å²) in [7, 11) is 0. The topological polar surface area (TPSA) is 51.6 Å². The third-order valence-electron chi connectivity index (χ3n) is 2.27. The fourth-order valence-corrected chi connectivity index (χ4v) is 1.25. The first kappa shape index (κ1) is 34.2. The first-order valence-electron chi connectivity index (χ1n) is 7.40. The van der Waals surface area contributed by atoms with E-state index < -0.39 is 0 Å². The van der Waals surface area contributed by atoms with Crippen LogP contribution in [-0.2, 0) is 19.5 Å². The van der Waals surface area contributed by atoms with Gasteiger partial charge < -0.3 is 50.9 Å². The van der Waals surface area contributed by atoms with Gasteiger partial charge in [-0.2, -0.15) is 0 Å². The molecule has 0 fully saturated rings. The number of hydrogen-bond acceptors (Lipinski definition) is 4. The Hall–Kier alpha value is -1.34. The van der Waals surface area contributed by atoms with Crippen LogP contribution >= 0.6 is 0 Å². The van der Waals surface area contributed by atoms with Gasteiger partial charge >= 0.3 is 19.5 Å². The average Bonchev–Trinajstić information content (AvgIpc) is 2.75. The largest absolute Gasteiger partial charge is 3.00 e. The number of aromatic nitrogens is 4. The van der Waals surface area contributed by atoms with Crippen molar-refractivity contribution in [1.29, 1.82) is 0 Å². The van der Waals surface area contributed by atoms with E-state index in [2.05, 4.69) is 19.9 Å². The SMILES string of the molecule is [Br-].[Br-].[Br-].[Rh+3].c1ccncc1.c1ccncc1.c1ccncc1.c1ccncc1. The molecule has 0 aliphatic heterocycles. The number of nitrogens with zero attached hydrogens (tertiary/aromatic N) is 4. The molecule has 28 heavy (non-hydrogen) atoms. The number of rotatable bonds is 0. The van der Waals surface area contributed by atoms with Crippen molar-refractivity contribution in [2.24, 2.45) is 0 Å². The van der Waals surface area contributed by atoms with Crippen LogP contribution in [0.2, 0.25) is 0 Å². The fourth-order valence-electron chi connectivity index (χ4n) is 1.25. The molecule has 0 saturated carbocycles. The van der Waals surface area contributed by atoms with E-state index in [9.17, 15) is 0 Å². The van der Waals surface area contributed by atoms with Crippen molar-refractivity contribution in [1.82, 2.24) is 19.9 Å². The van der Waals surface area contributed by atoms with E-state index in [-0.39, 0.29) is 70.4 Å². The molecule has 0 amide bonds. The first-order chi connectivity index (χ1) is 12.0. The molecule has 0 bridgehead atoms. The summed E-state index contributed by atoms with van der Waals surface area (Å²) in [5, 5.41) is 0. The molecule has 4 aromatic rings. The van der Waals surface area contributed by atoms with Gasteiger partial charge in [-0.25, -0.2) is 0 Å². The van der Waals surface area contributed by atoms with E-state index in [1.165, 1.54) is 0 Å². The van der Waals surface area contributed by atoms with Crippen molar-refractivity contribution in [3.63, 3.8) is 0 Å². The van der Waals surface area contributed by atoms with Gasteiger partial charge in [0.05, 0.1) is 0 Å². The predicted octanol–water partition coefficient (Wildman–Crippen LogP) is -4.66. The van der Waals surface area contributed by atoms with E-state index in [4.69, 9.17) is 0 Å². The smallest absolute Gasteiger partial charge is 1.00 e. The Balaban J connectivity index is -0.000000131. The van der Waals surface area contributed by atoms with Gasteiger partial charge in [-0.05, 0) is 48.5 Å². The minimum absolute atomic E-state index is 0. The van der Waals surface area contributed by atoms with Crippen molar-refractivity contribution in [3.8, 4) is 0 Å². The van der Waals surface area contributed by atoms with Crippen LogP contribution in [0.3, 0.4) is 0 Å². The molecule has 150 valence electrons. The maximum absolute atomic E-state index is 3.78. The molecule has 0 aromatic carbocycles. The number of hydrogen-bond donors (Lipinski definition) is 0. The Labute approximate surface area is 211 Å². The number of pyridine rings is 4. The van der Waals surface area contributed by atoms with Gasteiger partial charge in [0.15, 0.2) is 0 Å². The van der Waals surface area contributed by atoms with Crippen LogP contribution < -0.4 is 50.9 Å². The molecular formula is C20H20Br3N4Rh. The Bertz CT molecular complexity index is 449. The third kappa shape index (κ3) is 26.9. The Kier molecular flexibility index (Phi) is 37.1. The van der Waals surface area contributed by atoms with Gasteiger partial charge in [0.1, 0.15) is 0 Å². The zero-order valence-electron chi connectivity index (χ0n) is 14.8.